The number of hydrogen-bond acceptors (Lipinski definition) is 9. The molecule has 31 heavy (non-hydrogen) atoms. The second-order valence-corrected chi connectivity index (χ2v) is 8.75. The van der Waals surface area contributed by atoms with Gasteiger partial charge < -0.3 is 18.4 Å². The van der Waals surface area contributed by atoms with Crippen LogP contribution in [0.3, 0.4) is 0 Å². The van der Waals surface area contributed by atoms with Crippen molar-refractivity contribution in [3.63, 3.8) is 0 Å². The Balaban J connectivity index is 1.30. The van der Waals surface area contributed by atoms with E-state index in [-0.39, 0.29) is 24.3 Å². The van der Waals surface area contributed by atoms with Crippen LogP contribution >= 0.6 is 0 Å². The molecule has 0 spiro atoms. The third-order valence-electron chi connectivity index (χ3n) is 4.66. The van der Waals surface area contributed by atoms with E-state index in [0.29, 0.717) is 49.3 Å². The molecule has 164 valence electrons. The lowest BCUT2D eigenvalue weighted by atomic mass is 10.2. The standard InChI is InChI=1S/C20H21N3O7S/c24-19(7-6-18-21-20(22-30-18)17-5-2-10-28-17)29-14-15-3-1-4-16(13-15)31(25,26)23-8-11-27-12-9-23/h1-5,10,13H,6-9,11-12,14H2. The molecule has 0 unspecified atom stereocenters. The van der Waals surface area contributed by atoms with Crippen molar-refractivity contribution in [2.24, 2.45) is 0 Å². The van der Waals surface area contributed by atoms with Crippen molar-refractivity contribution in [3.8, 4) is 11.6 Å². The molecular formula is C20H21N3O7S. The minimum absolute atomic E-state index is 0.0349. The molecular weight excluding hydrogens is 426 g/mol. The van der Waals surface area contributed by atoms with Gasteiger partial charge in [-0.15, -0.1) is 0 Å². The number of ether oxygens (including phenoxy) is 2. The predicted octanol–water partition coefficient (Wildman–Crippen LogP) is 2.03. The summed E-state index contributed by atoms with van der Waals surface area (Å²) in [5.41, 5.74) is 0.584. The van der Waals surface area contributed by atoms with E-state index in [1.54, 1.807) is 24.3 Å². The number of benzene rings is 1. The number of aromatic nitrogens is 2. The molecule has 1 aromatic carbocycles. The number of carbonyl (C=O) groups is 1. The predicted molar refractivity (Wildman–Crippen MR) is 106 cm³/mol. The maximum Gasteiger partial charge on any atom is 0.306 e. The fourth-order valence-corrected chi connectivity index (χ4v) is 4.52. The zero-order valence-electron chi connectivity index (χ0n) is 16.6. The summed E-state index contributed by atoms with van der Waals surface area (Å²) in [5.74, 6) is 0.622. The van der Waals surface area contributed by atoms with Crippen molar-refractivity contribution in [2.45, 2.75) is 24.3 Å². The van der Waals surface area contributed by atoms with Gasteiger partial charge in [-0.1, -0.05) is 17.3 Å². The maximum atomic E-state index is 12.8. The molecule has 11 heteroatoms. The summed E-state index contributed by atoms with van der Waals surface area (Å²) < 4.78 is 47.7. The first-order valence-corrected chi connectivity index (χ1v) is 11.2. The average Bonchev–Trinajstić information content (AvgIpc) is 3.49. The highest BCUT2D eigenvalue weighted by molar-refractivity contribution is 7.89. The molecule has 1 fully saturated rings. The molecule has 4 rings (SSSR count). The third-order valence-corrected chi connectivity index (χ3v) is 6.55. The molecule has 0 radical (unpaired) electrons. The monoisotopic (exact) mass is 447 g/mol. The van der Waals surface area contributed by atoms with Crippen LogP contribution in [0.15, 0.2) is 56.5 Å². The van der Waals surface area contributed by atoms with Gasteiger partial charge in [0.05, 0.1) is 30.8 Å². The van der Waals surface area contributed by atoms with Gasteiger partial charge in [0.15, 0.2) is 5.76 Å². The van der Waals surface area contributed by atoms with E-state index in [4.69, 9.17) is 18.4 Å². The van der Waals surface area contributed by atoms with Crippen LogP contribution in [-0.4, -0.2) is 55.1 Å². The number of carbonyl (C=O) groups excluding carboxylic acids is 1. The van der Waals surface area contributed by atoms with Crippen LogP contribution in [0.1, 0.15) is 17.9 Å². The van der Waals surface area contributed by atoms with Gasteiger partial charge >= 0.3 is 5.97 Å². The van der Waals surface area contributed by atoms with Crippen LogP contribution in [0.2, 0.25) is 0 Å². The summed E-state index contributed by atoms with van der Waals surface area (Å²) >= 11 is 0. The Morgan fingerprint density at radius 1 is 1.16 bits per heavy atom. The van der Waals surface area contributed by atoms with E-state index < -0.39 is 16.0 Å². The highest BCUT2D eigenvalue weighted by Crippen LogP contribution is 2.19. The fraction of sp³-hybridized carbons (Fsp3) is 0.350. The van der Waals surface area contributed by atoms with Crippen LogP contribution in [0.4, 0.5) is 0 Å². The zero-order valence-corrected chi connectivity index (χ0v) is 17.4. The van der Waals surface area contributed by atoms with Gasteiger partial charge in [0, 0.05) is 19.5 Å². The van der Waals surface area contributed by atoms with E-state index >= 15 is 0 Å². The Hall–Kier alpha value is -3.02. The van der Waals surface area contributed by atoms with Gasteiger partial charge in [-0.3, -0.25) is 4.79 Å². The highest BCUT2D eigenvalue weighted by atomic mass is 32.2. The summed E-state index contributed by atoms with van der Waals surface area (Å²) in [6, 6.07) is 9.80. The largest absolute Gasteiger partial charge is 0.461 e. The molecule has 0 amide bonds. The van der Waals surface area contributed by atoms with Gasteiger partial charge in [-0.2, -0.15) is 9.29 Å². The molecule has 0 atom stereocenters. The smallest absolute Gasteiger partial charge is 0.306 e. The molecule has 0 saturated carbocycles. The van der Waals surface area contributed by atoms with Gasteiger partial charge in [-0.05, 0) is 29.8 Å². The Morgan fingerprint density at radius 2 is 2.00 bits per heavy atom. The van der Waals surface area contributed by atoms with E-state index in [9.17, 15) is 13.2 Å². The molecule has 10 nitrogen and oxygen atoms in total. The first-order valence-electron chi connectivity index (χ1n) is 9.71. The molecule has 1 saturated heterocycles. The first-order chi connectivity index (χ1) is 15.0. The van der Waals surface area contributed by atoms with Gasteiger partial charge in [0.25, 0.3) is 0 Å². The Bertz CT molecular complexity index is 1120. The quantitative estimate of drug-likeness (QED) is 0.477. The van der Waals surface area contributed by atoms with Crippen molar-refractivity contribution in [2.75, 3.05) is 26.3 Å². The minimum Gasteiger partial charge on any atom is -0.461 e. The summed E-state index contributed by atoms with van der Waals surface area (Å²) in [7, 11) is -3.61. The summed E-state index contributed by atoms with van der Waals surface area (Å²) in [6.45, 7) is 1.35. The number of aryl methyl sites for hydroxylation is 1. The van der Waals surface area contributed by atoms with E-state index in [1.807, 2.05) is 0 Å². The van der Waals surface area contributed by atoms with Crippen LogP contribution in [0, 0.1) is 0 Å². The van der Waals surface area contributed by atoms with Crippen molar-refractivity contribution in [1.29, 1.82) is 0 Å². The number of nitrogens with zero attached hydrogens (tertiary/aromatic N) is 3. The van der Waals surface area contributed by atoms with E-state index in [1.165, 1.54) is 22.7 Å². The fourth-order valence-electron chi connectivity index (χ4n) is 3.04. The number of morpholine rings is 1. The van der Waals surface area contributed by atoms with Crippen LogP contribution in [0.5, 0.6) is 0 Å². The first kappa shape index (κ1) is 21.2. The SMILES string of the molecule is O=C(CCc1nc(-c2ccco2)no1)OCc1cccc(S(=O)(=O)N2CCOCC2)c1. The van der Waals surface area contributed by atoms with Crippen molar-refractivity contribution < 1.29 is 31.6 Å². The zero-order chi connectivity index (χ0) is 21.7. The summed E-state index contributed by atoms with van der Waals surface area (Å²) in [5, 5.41) is 3.80. The molecule has 0 N–H and O–H groups in total. The Labute approximate surface area is 178 Å². The molecule has 3 aromatic rings. The number of hydrogen-bond donors (Lipinski definition) is 0. The summed E-state index contributed by atoms with van der Waals surface area (Å²) in [6.07, 6.45) is 1.77. The van der Waals surface area contributed by atoms with Crippen molar-refractivity contribution in [1.82, 2.24) is 14.4 Å². The maximum absolute atomic E-state index is 12.8. The summed E-state index contributed by atoms with van der Waals surface area (Å²) in [4.78, 5) is 16.4. The van der Waals surface area contributed by atoms with Crippen LogP contribution in [0.25, 0.3) is 11.6 Å². The Morgan fingerprint density at radius 3 is 2.77 bits per heavy atom. The number of rotatable bonds is 8. The normalized spacial score (nSPS) is 15.1. The lowest BCUT2D eigenvalue weighted by Crippen LogP contribution is -2.40. The highest BCUT2D eigenvalue weighted by Gasteiger charge is 2.26. The van der Waals surface area contributed by atoms with E-state index in [2.05, 4.69) is 10.1 Å². The number of esters is 1. The molecule has 1 aliphatic heterocycles. The molecule has 3 heterocycles. The van der Waals surface area contributed by atoms with Gasteiger partial charge in [0.2, 0.25) is 21.7 Å². The number of furan rings is 1. The van der Waals surface area contributed by atoms with Gasteiger partial charge in [-0.25, -0.2) is 8.42 Å². The Kier molecular flexibility index (Phi) is 6.44. The molecule has 0 aliphatic carbocycles. The minimum atomic E-state index is -3.61. The van der Waals surface area contributed by atoms with Crippen molar-refractivity contribution in [3.05, 3.63) is 54.1 Å². The number of sulfonamides is 1. The second kappa shape index (κ2) is 9.41. The topological polar surface area (TPSA) is 125 Å². The van der Waals surface area contributed by atoms with Gasteiger partial charge in [0.1, 0.15) is 6.61 Å². The van der Waals surface area contributed by atoms with Crippen LogP contribution in [-0.2, 0) is 37.3 Å². The molecule has 2 aromatic heterocycles. The average molecular weight is 447 g/mol. The van der Waals surface area contributed by atoms with E-state index in [0.717, 1.165) is 0 Å². The lowest BCUT2D eigenvalue weighted by Gasteiger charge is -2.26. The molecule has 1 aliphatic rings. The van der Waals surface area contributed by atoms with Crippen LogP contribution < -0.4 is 0 Å². The van der Waals surface area contributed by atoms with Crippen molar-refractivity contribution >= 4 is 16.0 Å². The second-order valence-electron chi connectivity index (χ2n) is 6.81. The lowest BCUT2D eigenvalue weighted by molar-refractivity contribution is -0.145. The molecule has 0 bridgehead atoms. The third kappa shape index (κ3) is 5.19.